The van der Waals surface area contributed by atoms with Crippen LogP contribution in [0.1, 0.15) is 12.8 Å². The van der Waals surface area contributed by atoms with E-state index in [1.807, 2.05) is 0 Å². The molecule has 0 spiro atoms. The molecule has 3 heteroatoms. The second-order valence-corrected chi connectivity index (χ2v) is 2.44. The average Bonchev–Trinajstić information content (AvgIpc) is 2.45. The highest BCUT2D eigenvalue weighted by molar-refractivity contribution is 5.85. The quantitative estimate of drug-likeness (QED) is 0.635. The molecule has 0 heterocycles. The van der Waals surface area contributed by atoms with Crippen LogP contribution in [0.15, 0.2) is 0 Å². The van der Waals surface area contributed by atoms with Crippen LogP contribution in [0, 0.1) is 0 Å². The third kappa shape index (κ3) is 3.04. The summed E-state index contributed by atoms with van der Waals surface area (Å²) in [6.07, 6.45) is 2.66. The number of rotatable bonds is 3. The molecule has 56 valence electrons. The SMILES string of the molecule is CN(CCO)C1CC1.Cl. The Labute approximate surface area is 62.3 Å². The Morgan fingerprint density at radius 3 is 2.44 bits per heavy atom. The zero-order chi connectivity index (χ0) is 5.98. The first-order valence-electron chi connectivity index (χ1n) is 3.15. The van der Waals surface area contributed by atoms with Gasteiger partial charge in [0.05, 0.1) is 6.61 Å². The van der Waals surface area contributed by atoms with Gasteiger partial charge >= 0.3 is 0 Å². The molecule has 0 aromatic heterocycles. The van der Waals surface area contributed by atoms with E-state index in [0.717, 1.165) is 12.6 Å². The van der Waals surface area contributed by atoms with Gasteiger partial charge in [-0.2, -0.15) is 0 Å². The summed E-state index contributed by atoms with van der Waals surface area (Å²) in [4.78, 5) is 2.21. The maximum Gasteiger partial charge on any atom is 0.0558 e. The molecule has 0 aromatic rings. The minimum Gasteiger partial charge on any atom is -0.395 e. The molecule has 1 aliphatic carbocycles. The smallest absolute Gasteiger partial charge is 0.0558 e. The van der Waals surface area contributed by atoms with Crippen LogP contribution in [-0.2, 0) is 0 Å². The molecule has 0 atom stereocenters. The molecule has 0 bridgehead atoms. The highest BCUT2D eigenvalue weighted by Gasteiger charge is 2.24. The van der Waals surface area contributed by atoms with Crippen molar-refractivity contribution in [2.24, 2.45) is 0 Å². The van der Waals surface area contributed by atoms with Crippen LogP contribution in [-0.4, -0.2) is 36.2 Å². The second kappa shape index (κ2) is 4.09. The molecule has 0 unspecified atom stereocenters. The van der Waals surface area contributed by atoms with Crippen molar-refractivity contribution in [1.82, 2.24) is 4.90 Å². The summed E-state index contributed by atoms with van der Waals surface area (Å²) < 4.78 is 0. The van der Waals surface area contributed by atoms with E-state index < -0.39 is 0 Å². The first-order valence-corrected chi connectivity index (χ1v) is 3.15. The van der Waals surface area contributed by atoms with Gasteiger partial charge in [0, 0.05) is 12.6 Å². The molecule has 0 radical (unpaired) electrons. The highest BCUT2D eigenvalue weighted by atomic mass is 35.5. The predicted molar refractivity (Wildman–Crippen MR) is 40.0 cm³/mol. The fraction of sp³-hybridized carbons (Fsp3) is 1.00. The Hall–Kier alpha value is 0.210. The molecule has 0 saturated heterocycles. The number of hydrogen-bond acceptors (Lipinski definition) is 2. The molecular formula is C6H14ClNO. The van der Waals surface area contributed by atoms with Gasteiger partial charge in [0.1, 0.15) is 0 Å². The van der Waals surface area contributed by atoms with Gasteiger partial charge in [-0.15, -0.1) is 12.4 Å². The molecule has 9 heavy (non-hydrogen) atoms. The van der Waals surface area contributed by atoms with Crippen LogP contribution >= 0.6 is 12.4 Å². The van der Waals surface area contributed by atoms with Crippen molar-refractivity contribution >= 4 is 12.4 Å². The molecule has 0 amide bonds. The molecule has 1 rings (SSSR count). The molecule has 1 saturated carbocycles. The van der Waals surface area contributed by atoms with Crippen LogP contribution < -0.4 is 0 Å². The number of aliphatic hydroxyl groups is 1. The van der Waals surface area contributed by atoms with E-state index in [0.29, 0.717) is 6.61 Å². The summed E-state index contributed by atoms with van der Waals surface area (Å²) >= 11 is 0. The van der Waals surface area contributed by atoms with Crippen LogP contribution in [0.3, 0.4) is 0 Å². The summed E-state index contributed by atoms with van der Waals surface area (Å²) in [5, 5.41) is 8.47. The zero-order valence-corrected chi connectivity index (χ0v) is 6.52. The summed E-state index contributed by atoms with van der Waals surface area (Å²) in [6.45, 7) is 1.14. The summed E-state index contributed by atoms with van der Waals surface area (Å²) in [5.74, 6) is 0. The summed E-state index contributed by atoms with van der Waals surface area (Å²) in [6, 6.07) is 0.794. The lowest BCUT2D eigenvalue weighted by molar-refractivity contribution is 0.216. The lowest BCUT2D eigenvalue weighted by Crippen LogP contribution is -2.23. The zero-order valence-electron chi connectivity index (χ0n) is 5.71. The minimum atomic E-state index is 0. The second-order valence-electron chi connectivity index (χ2n) is 2.44. The molecular weight excluding hydrogens is 138 g/mol. The van der Waals surface area contributed by atoms with Crippen molar-refractivity contribution in [2.75, 3.05) is 20.2 Å². The van der Waals surface area contributed by atoms with E-state index in [1.165, 1.54) is 12.8 Å². The maximum atomic E-state index is 8.47. The van der Waals surface area contributed by atoms with Crippen molar-refractivity contribution in [2.45, 2.75) is 18.9 Å². The number of hydrogen-bond donors (Lipinski definition) is 1. The molecule has 0 aliphatic heterocycles. The van der Waals surface area contributed by atoms with Crippen LogP contribution in [0.5, 0.6) is 0 Å². The molecule has 0 aromatic carbocycles. The molecule has 1 N–H and O–H groups in total. The molecule has 2 nitrogen and oxygen atoms in total. The van der Waals surface area contributed by atoms with Crippen LogP contribution in [0.4, 0.5) is 0 Å². The Bertz CT molecular complexity index is 75.5. The lowest BCUT2D eigenvalue weighted by atomic mass is 10.5. The lowest BCUT2D eigenvalue weighted by Gasteiger charge is -2.12. The summed E-state index contributed by atoms with van der Waals surface area (Å²) in [7, 11) is 2.06. The van der Waals surface area contributed by atoms with Gasteiger partial charge in [-0.3, -0.25) is 0 Å². The van der Waals surface area contributed by atoms with Crippen molar-refractivity contribution in [3.8, 4) is 0 Å². The van der Waals surface area contributed by atoms with E-state index >= 15 is 0 Å². The third-order valence-electron chi connectivity index (χ3n) is 1.62. The molecule has 1 fully saturated rings. The average molecular weight is 152 g/mol. The Kier molecular flexibility index (Phi) is 4.19. The Morgan fingerprint density at radius 2 is 2.11 bits per heavy atom. The number of halogens is 1. The topological polar surface area (TPSA) is 23.5 Å². The fourth-order valence-electron chi connectivity index (χ4n) is 0.856. The van der Waals surface area contributed by atoms with Crippen molar-refractivity contribution in [3.63, 3.8) is 0 Å². The molecule has 1 aliphatic rings. The third-order valence-corrected chi connectivity index (χ3v) is 1.62. The van der Waals surface area contributed by atoms with Crippen LogP contribution in [0.25, 0.3) is 0 Å². The van der Waals surface area contributed by atoms with Gasteiger partial charge in [-0.1, -0.05) is 0 Å². The number of aliphatic hydroxyl groups excluding tert-OH is 1. The van der Waals surface area contributed by atoms with Crippen molar-refractivity contribution < 1.29 is 5.11 Å². The van der Waals surface area contributed by atoms with Gasteiger partial charge in [0.25, 0.3) is 0 Å². The van der Waals surface area contributed by atoms with E-state index in [4.69, 9.17) is 5.11 Å². The fourth-order valence-corrected chi connectivity index (χ4v) is 0.856. The summed E-state index contributed by atoms with van der Waals surface area (Å²) in [5.41, 5.74) is 0. The van der Waals surface area contributed by atoms with E-state index in [1.54, 1.807) is 0 Å². The Balaban J connectivity index is 0.000000640. The standard InChI is InChI=1S/C6H13NO.ClH/c1-7(4-5-8)6-2-3-6;/h6,8H,2-5H2,1H3;1H. The Morgan fingerprint density at radius 1 is 1.56 bits per heavy atom. The van der Waals surface area contributed by atoms with Crippen LogP contribution in [0.2, 0.25) is 0 Å². The van der Waals surface area contributed by atoms with E-state index in [-0.39, 0.29) is 12.4 Å². The monoisotopic (exact) mass is 151 g/mol. The van der Waals surface area contributed by atoms with Gasteiger partial charge in [0.2, 0.25) is 0 Å². The van der Waals surface area contributed by atoms with E-state index in [9.17, 15) is 0 Å². The maximum absolute atomic E-state index is 8.47. The number of nitrogens with zero attached hydrogens (tertiary/aromatic N) is 1. The predicted octanol–water partition coefficient (Wildman–Crippen LogP) is 0.495. The number of likely N-dealkylation sites (N-methyl/N-ethyl adjacent to an activating group) is 1. The van der Waals surface area contributed by atoms with Gasteiger partial charge in [-0.25, -0.2) is 0 Å². The van der Waals surface area contributed by atoms with Gasteiger partial charge < -0.3 is 10.0 Å². The highest BCUT2D eigenvalue weighted by Crippen LogP contribution is 2.24. The van der Waals surface area contributed by atoms with Crippen molar-refractivity contribution in [3.05, 3.63) is 0 Å². The van der Waals surface area contributed by atoms with Gasteiger partial charge in [-0.05, 0) is 19.9 Å². The van der Waals surface area contributed by atoms with E-state index in [2.05, 4.69) is 11.9 Å². The first kappa shape index (κ1) is 9.21. The first-order chi connectivity index (χ1) is 3.84. The largest absolute Gasteiger partial charge is 0.395 e. The normalized spacial score (nSPS) is 17.7. The van der Waals surface area contributed by atoms with Crippen molar-refractivity contribution in [1.29, 1.82) is 0 Å². The minimum absolute atomic E-state index is 0. The van der Waals surface area contributed by atoms with Gasteiger partial charge in [0.15, 0.2) is 0 Å².